The highest BCUT2D eigenvalue weighted by atomic mass is 35.5. The van der Waals surface area contributed by atoms with Gasteiger partial charge in [-0.05, 0) is 71.6 Å². The van der Waals surface area contributed by atoms with Crippen molar-refractivity contribution in [3.8, 4) is 5.75 Å². The Hall–Kier alpha value is -4.60. The Labute approximate surface area is 416 Å². The molecule has 18 nitrogen and oxygen atoms in total. The standard InChI is InChI=1S/C48H66ClN5O13S2/c1-28-13-11-14-35(64-10)48(62)27-34(65-45(61)51-48)29(2)43-47(6,67-43)36(26-41(59)53(8)32-24-31(23-28)25-33(63-9)42(32)49)66-44(60)30(3)52(7)38(56)18-19-46(4,5)69-68-22-12-15-37(55)50-20-21-54-39(57)16-17-40(54)58/h11,13-14,16-17,24-25,29-30,34-36,43,62H,12,15,18-23,26-27H2,1-10H3,(H,50,55)(H,51,61)/b14-11+,28-13+. The SMILES string of the molecule is COc1cc2cc(c1Cl)N(C)C(=O)CC(OC(=O)C(C)N(C)C(=O)CCC(C)(C)SSCCCC(=O)NCCN1C(=O)C=CC1=O)C1(C)OC1C(C)C1CC(O)(NC(=O)O1)C(OC)/C=C/C=C(\C)C2. The predicted molar refractivity (Wildman–Crippen MR) is 262 cm³/mol. The summed E-state index contributed by atoms with van der Waals surface area (Å²) in [5.74, 6) is -2.03. The van der Waals surface area contributed by atoms with Gasteiger partial charge in [-0.15, -0.1) is 0 Å². The average Bonchev–Trinajstić information content (AvgIpc) is 3.90. The third-order valence-electron chi connectivity index (χ3n) is 12.9. The van der Waals surface area contributed by atoms with Gasteiger partial charge in [-0.25, -0.2) is 9.59 Å². The number of rotatable bonds is 17. The number of alkyl carbamates (subject to hydrolysis) is 1. The van der Waals surface area contributed by atoms with Crippen molar-refractivity contribution in [3.05, 3.63) is 58.7 Å². The molecule has 8 unspecified atom stereocenters. The zero-order valence-electron chi connectivity index (χ0n) is 41.0. The number of benzene rings is 1. The summed E-state index contributed by atoms with van der Waals surface area (Å²) in [6.45, 7) is 11.3. The number of aliphatic hydroxyl groups is 1. The maximum absolute atomic E-state index is 14.3. The van der Waals surface area contributed by atoms with E-state index in [2.05, 4.69) is 10.6 Å². The second-order valence-corrected chi connectivity index (χ2v) is 22.2. The first-order chi connectivity index (χ1) is 32.4. The lowest BCUT2D eigenvalue weighted by Crippen LogP contribution is -2.63. The molecule has 69 heavy (non-hydrogen) atoms. The van der Waals surface area contributed by atoms with Crippen LogP contribution in [-0.4, -0.2) is 150 Å². The zero-order chi connectivity index (χ0) is 51.0. The number of carbonyl (C=O) groups is 7. The molecule has 4 heterocycles. The Morgan fingerprint density at radius 1 is 1.13 bits per heavy atom. The Morgan fingerprint density at radius 2 is 1.83 bits per heavy atom. The lowest BCUT2D eigenvalue weighted by atomic mass is 9.83. The molecule has 4 bridgehead atoms. The molecule has 0 radical (unpaired) electrons. The number of nitrogens with one attached hydrogen (secondary N) is 2. The van der Waals surface area contributed by atoms with Crippen molar-refractivity contribution < 1.29 is 62.4 Å². The van der Waals surface area contributed by atoms with Crippen LogP contribution in [0.4, 0.5) is 10.5 Å². The van der Waals surface area contributed by atoms with Crippen molar-refractivity contribution in [3.63, 3.8) is 0 Å². The number of imide groups is 1. The molecule has 4 aliphatic rings. The van der Waals surface area contributed by atoms with Gasteiger partial charge in [0.25, 0.3) is 11.8 Å². The van der Waals surface area contributed by atoms with Gasteiger partial charge in [-0.1, -0.05) is 63.9 Å². The lowest BCUT2D eigenvalue weighted by Gasteiger charge is -2.42. The van der Waals surface area contributed by atoms with E-state index in [0.29, 0.717) is 36.5 Å². The van der Waals surface area contributed by atoms with E-state index in [-0.39, 0.29) is 60.4 Å². The third kappa shape index (κ3) is 14.1. The molecule has 1 aromatic carbocycles. The molecule has 2 fully saturated rings. The van der Waals surface area contributed by atoms with E-state index in [0.717, 1.165) is 16.0 Å². The average molecular weight is 1020 g/mol. The van der Waals surface area contributed by atoms with E-state index in [1.54, 1.807) is 73.7 Å². The Balaban J connectivity index is 1.24. The molecule has 0 aliphatic carbocycles. The fourth-order valence-electron chi connectivity index (χ4n) is 8.38. The summed E-state index contributed by atoms with van der Waals surface area (Å²) in [6.07, 6.45) is 4.51. The van der Waals surface area contributed by atoms with E-state index in [4.69, 9.17) is 35.3 Å². The number of halogens is 1. The van der Waals surface area contributed by atoms with Gasteiger partial charge < -0.3 is 43.9 Å². The van der Waals surface area contributed by atoms with Crippen LogP contribution in [0.25, 0.3) is 0 Å². The monoisotopic (exact) mass is 1020 g/mol. The van der Waals surface area contributed by atoms with Crippen molar-refractivity contribution in [2.75, 3.05) is 52.1 Å². The number of amides is 6. The second-order valence-electron chi connectivity index (χ2n) is 18.7. The molecule has 6 amide bonds. The maximum atomic E-state index is 14.3. The summed E-state index contributed by atoms with van der Waals surface area (Å²) in [5, 5.41) is 17.3. The van der Waals surface area contributed by atoms with Gasteiger partial charge in [0, 0.05) is 82.1 Å². The number of hydrogen-bond acceptors (Lipinski definition) is 15. The summed E-state index contributed by atoms with van der Waals surface area (Å²) in [5.41, 5.74) is -1.07. The molecular weight excluding hydrogens is 954 g/mol. The van der Waals surface area contributed by atoms with Gasteiger partial charge in [0.15, 0.2) is 5.72 Å². The number of carbonyl (C=O) groups excluding carboxylic acids is 7. The van der Waals surface area contributed by atoms with Gasteiger partial charge >= 0.3 is 12.1 Å². The van der Waals surface area contributed by atoms with Gasteiger partial charge in [0.05, 0.1) is 25.3 Å². The van der Waals surface area contributed by atoms with E-state index < -0.39 is 77.5 Å². The molecule has 1 aromatic rings. The Bertz CT molecular complexity index is 2210. The highest BCUT2D eigenvalue weighted by molar-refractivity contribution is 8.77. The topological polar surface area (TPSA) is 223 Å². The van der Waals surface area contributed by atoms with Crippen molar-refractivity contribution >= 4 is 80.5 Å². The molecule has 0 saturated carbocycles. The molecule has 0 spiro atoms. The Morgan fingerprint density at radius 3 is 2.49 bits per heavy atom. The first-order valence-corrected chi connectivity index (χ1v) is 25.6. The number of ether oxygens (including phenoxy) is 5. The predicted octanol–water partition coefficient (Wildman–Crippen LogP) is 5.28. The molecule has 8 atom stereocenters. The molecule has 380 valence electrons. The van der Waals surface area contributed by atoms with Crippen LogP contribution in [0.5, 0.6) is 5.75 Å². The zero-order valence-corrected chi connectivity index (χ0v) is 43.3. The number of methoxy groups -OCH3 is 2. The van der Waals surface area contributed by atoms with Crippen LogP contribution in [0.15, 0.2) is 48.1 Å². The second kappa shape index (κ2) is 23.5. The van der Waals surface area contributed by atoms with Gasteiger partial charge in [-0.2, -0.15) is 0 Å². The van der Waals surface area contributed by atoms with Crippen molar-refractivity contribution in [2.45, 2.75) is 133 Å². The van der Waals surface area contributed by atoms with Gasteiger partial charge in [-0.3, -0.25) is 34.2 Å². The fraction of sp³-hybridized carbons (Fsp3) is 0.604. The van der Waals surface area contributed by atoms with E-state index in [9.17, 15) is 38.7 Å². The highest BCUT2D eigenvalue weighted by Gasteiger charge is 2.64. The van der Waals surface area contributed by atoms with E-state index >= 15 is 0 Å². The fourth-order valence-corrected chi connectivity index (χ4v) is 11.4. The number of anilines is 1. The molecule has 2 saturated heterocycles. The molecule has 5 rings (SSSR count). The first kappa shape index (κ1) is 55.3. The van der Waals surface area contributed by atoms with E-state index in [1.165, 1.54) is 43.2 Å². The number of esters is 1. The summed E-state index contributed by atoms with van der Waals surface area (Å²) < 4.78 is 29.1. The minimum Gasteiger partial charge on any atom is -0.495 e. The number of nitrogens with zero attached hydrogens (tertiary/aromatic N) is 3. The number of fused-ring (bicyclic) bond motifs is 5. The van der Waals surface area contributed by atoms with Gasteiger partial charge in [0.2, 0.25) is 17.7 Å². The van der Waals surface area contributed by atoms with Crippen LogP contribution < -0.4 is 20.3 Å². The molecule has 4 aliphatic heterocycles. The molecule has 0 aromatic heterocycles. The molecule has 21 heteroatoms. The summed E-state index contributed by atoms with van der Waals surface area (Å²) in [7, 11) is 9.17. The largest absolute Gasteiger partial charge is 0.495 e. The van der Waals surface area contributed by atoms with E-state index in [1.807, 2.05) is 26.8 Å². The first-order valence-electron chi connectivity index (χ1n) is 22.9. The summed E-state index contributed by atoms with van der Waals surface area (Å²) in [6, 6.07) is 2.50. The van der Waals surface area contributed by atoms with Crippen LogP contribution in [0, 0.1) is 5.92 Å². The number of likely N-dealkylation sites (N-methyl/N-ethyl adjacent to an activating group) is 1. The summed E-state index contributed by atoms with van der Waals surface area (Å²) >= 11 is 6.81. The smallest absolute Gasteiger partial charge is 0.409 e. The number of epoxide rings is 1. The maximum Gasteiger partial charge on any atom is 0.409 e. The Kier molecular flexibility index (Phi) is 18.9. The molecular formula is C48H66ClN5O13S2. The van der Waals surface area contributed by atoms with Crippen LogP contribution in [0.3, 0.4) is 0 Å². The molecule has 3 N–H and O–H groups in total. The summed E-state index contributed by atoms with van der Waals surface area (Å²) in [4.78, 5) is 94.4. The van der Waals surface area contributed by atoms with Crippen LogP contribution in [0.2, 0.25) is 5.02 Å². The minimum absolute atomic E-state index is 0.0804. The van der Waals surface area contributed by atoms with Crippen LogP contribution in [0.1, 0.15) is 85.6 Å². The van der Waals surface area contributed by atoms with Crippen molar-refractivity contribution in [1.29, 1.82) is 0 Å². The normalized spacial score (nSPS) is 27.9. The van der Waals surface area contributed by atoms with Gasteiger partial charge in [0.1, 0.15) is 40.7 Å². The lowest BCUT2D eigenvalue weighted by molar-refractivity contribution is -0.162. The van der Waals surface area contributed by atoms with Crippen molar-refractivity contribution in [1.82, 2.24) is 20.4 Å². The minimum atomic E-state index is -1.86. The van der Waals surface area contributed by atoms with Crippen molar-refractivity contribution in [2.24, 2.45) is 5.92 Å². The van der Waals surface area contributed by atoms with Crippen LogP contribution >= 0.6 is 33.2 Å². The number of allylic oxidation sites excluding steroid dienone is 3. The quantitative estimate of drug-likeness (QED) is 0.0594. The highest BCUT2D eigenvalue weighted by Crippen LogP contribution is 2.49. The van der Waals surface area contributed by atoms with Crippen LogP contribution in [-0.2, 0) is 54.1 Å². The number of hydrogen-bond donors (Lipinski definition) is 3. The third-order valence-corrected chi connectivity index (χ3v) is 16.8.